The first kappa shape index (κ1) is 9.63. The molecule has 0 aliphatic heterocycles. The van der Waals surface area contributed by atoms with Crippen LogP contribution in [0.1, 0.15) is 32.1 Å². The molecule has 64 valence electrons. The first-order valence-corrected chi connectivity index (χ1v) is 14.8. The third kappa shape index (κ3) is 3.18. The zero-order valence-corrected chi connectivity index (χ0v) is 11.0. The summed E-state index contributed by atoms with van der Waals surface area (Å²) in [6, 6.07) is 0. The summed E-state index contributed by atoms with van der Waals surface area (Å²) in [4.78, 5) is 7.60. The molecular weight excluding hydrogens is 239 g/mol. The van der Waals surface area contributed by atoms with E-state index in [0.717, 1.165) is 0 Å². The van der Waals surface area contributed by atoms with E-state index in [1.807, 2.05) is 3.59 Å². The standard InChI is InChI=1S/C7H11.3CH3.Sn/c1-2-4-6-7-5-3-1;;;;/h1H,2,4-7H2;3*1H3;. The van der Waals surface area contributed by atoms with Crippen LogP contribution in [-0.4, -0.2) is 18.4 Å². The number of rotatable bonds is 1. The summed E-state index contributed by atoms with van der Waals surface area (Å²) in [7, 11) is 0. The van der Waals surface area contributed by atoms with Crippen molar-refractivity contribution in [3.05, 3.63) is 9.67 Å². The first-order chi connectivity index (χ1) is 5.11. The van der Waals surface area contributed by atoms with E-state index >= 15 is 0 Å². The number of hydrogen-bond acceptors (Lipinski definition) is 0. The first-order valence-electron chi connectivity index (χ1n) is 4.80. The van der Waals surface area contributed by atoms with Gasteiger partial charge in [-0.05, 0) is 0 Å². The summed E-state index contributed by atoms with van der Waals surface area (Å²) in [5, 5.41) is 0. The van der Waals surface area contributed by atoms with Gasteiger partial charge in [-0.1, -0.05) is 0 Å². The Hall–Kier alpha value is 0.539. The minimum atomic E-state index is -1.62. The maximum absolute atomic E-state index is 2.56. The Morgan fingerprint density at radius 1 is 1.09 bits per heavy atom. The van der Waals surface area contributed by atoms with Crippen LogP contribution < -0.4 is 0 Å². The fourth-order valence-electron chi connectivity index (χ4n) is 1.70. The molecule has 0 spiro atoms. The molecule has 0 radical (unpaired) electrons. The fraction of sp³-hybridized carbons (Fsp3) is 0.800. The van der Waals surface area contributed by atoms with Crippen LogP contribution in [0.5, 0.6) is 0 Å². The van der Waals surface area contributed by atoms with Gasteiger partial charge in [0.25, 0.3) is 0 Å². The van der Waals surface area contributed by atoms with Crippen molar-refractivity contribution in [2.75, 3.05) is 0 Å². The zero-order valence-electron chi connectivity index (χ0n) is 8.11. The van der Waals surface area contributed by atoms with Crippen molar-refractivity contribution in [3.63, 3.8) is 0 Å². The Labute approximate surface area is 74.9 Å². The molecule has 1 aliphatic carbocycles. The molecule has 0 saturated carbocycles. The van der Waals surface area contributed by atoms with Crippen LogP contribution in [0.3, 0.4) is 0 Å². The van der Waals surface area contributed by atoms with Gasteiger partial charge >= 0.3 is 75.0 Å². The van der Waals surface area contributed by atoms with Gasteiger partial charge in [-0.2, -0.15) is 0 Å². The van der Waals surface area contributed by atoms with Crippen LogP contribution in [0.4, 0.5) is 0 Å². The SMILES string of the molecule is [CH3][Sn]([CH3])([CH3])[C]1=CCCCCC1. The third-order valence-electron chi connectivity index (χ3n) is 2.50. The molecular formula is C10H20Sn. The van der Waals surface area contributed by atoms with E-state index in [1.54, 1.807) is 0 Å². The van der Waals surface area contributed by atoms with Gasteiger partial charge < -0.3 is 0 Å². The second kappa shape index (κ2) is 3.97. The molecule has 0 saturated heterocycles. The van der Waals surface area contributed by atoms with Crippen molar-refractivity contribution in [2.45, 2.75) is 46.9 Å². The van der Waals surface area contributed by atoms with Crippen LogP contribution in [0.15, 0.2) is 9.67 Å². The van der Waals surface area contributed by atoms with Crippen LogP contribution in [0.2, 0.25) is 14.8 Å². The Balaban J connectivity index is 2.61. The van der Waals surface area contributed by atoms with Crippen LogP contribution in [-0.2, 0) is 0 Å². The van der Waals surface area contributed by atoms with E-state index in [4.69, 9.17) is 0 Å². The Morgan fingerprint density at radius 2 is 1.82 bits per heavy atom. The maximum atomic E-state index is 2.56. The molecule has 0 aromatic heterocycles. The van der Waals surface area contributed by atoms with Gasteiger partial charge in [0.15, 0.2) is 0 Å². The molecule has 1 heteroatoms. The molecule has 0 unspecified atom stereocenters. The molecule has 0 atom stereocenters. The molecule has 0 aromatic rings. The van der Waals surface area contributed by atoms with Gasteiger partial charge in [0.1, 0.15) is 0 Å². The second-order valence-corrected chi connectivity index (χ2v) is 19.3. The van der Waals surface area contributed by atoms with Gasteiger partial charge in [-0.25, -0.2) is 0 Å². The second-order valence-electron chi connectivity index (χ2n) is 4.58. The van der Waals surface area contributed by atoms with Gasteiger partial charge in [0, 0.05) is 0 Å². The van der Waals surface area contributed by atoms with E-state index in [2.05, 4.69) is 20.9 Å². The van der Waals surface area contributed by atoms with E-state index in [9.17, 15) is 0 Å². The number of hydrogen-bond donors (Lipinski definition) is 0. The van der Waals surface area contributed by atoms with Gasteiger partial charge in [0.2, 0.25) is 0 Å². The average Bonchev–Trinajstić information content (AvgIpc) is 2.10. The monoisotopic (exact) mass is 260 g/mol. The van der Waals surface area contributed by atoms with E-state index in [0.29, 0.717) is 0 Å². The molecule has 1 rings (SSSR count). The summed E-state index contributed by atoms with van der Waals surface area (Å²) in [5.74, 6) is 0. The molecule has 0 nitrogen and oxygen atoms in total. The minimum absolute atomic E-state index is 1.36. The molecule has 0 aromatic carbocycles. The predicted molar refractivity (Wildman–Crippen MR) is 54.5 cm³/mol. The van der Waals surface area contributed by atoms with Crippen molar-refractivity contribution in [2.24, 2.45) is 0 Å². The van der Waals surface area contributed by atoms with Crippen molar-refractivity contribution >= 4 is 18.4 Å². The van der Waals surface area contributed by atoms with Crippen LogP contribution >= 0.6 is 0 Å². The summed E-state index contributed by atoms with van der Waals surface area (Å²) in [6.45, 7) is 0. The molecule has 0 heterocycles. The van der Waals surface area contributed by atoms with Crippen molar-refractivity contribution < 1.29 is 0 Å². The van der Waals surface area contributed by atoms with E-state index in [-0.39, 0.29) is 0 Å². The zero-order chi connectivity index (χ0) is 8.32. The molecule has 0 fully saturated rings. The van der Waals surface area contributed by atoms with Crippen molar-refractivity contribution in [3.8, 4) is 0 Å². The molecule has 11 heavy (non-hydrogen) atoms. The van der Waals surface area contributed by atoms with Gasteiger partial charge in [0.05, 0.1) is 0 Å². The molecule has 0 amide bonds. The summed E-state index contributed by atoms with van der Waals surface area (Å²) < 4.78 is 1.89. The fourth-order valence-corrected chi connectivity index (χ4v) is 6.50. The molecule has 0 N–H and O–H groups in total. The summed E-state index contributed by atoms with van der Waals surface area (Å²) in [5.41, 5.74) is 0. The third-order valence-corrected chi connectivity index (χ3v) is 9.30. The predicted octanol–water partition coefficient (Wildman–Crippen LogP) is 3.75. The van der Waals surface area contributed by atoms with E-state index < -0.39 is 18.4 Å². The Bertz CT molecular complexity index is 151. The van der Waals surface area contributed by atoms with Gasteiger partial charge in [-0.3, -0.25) is 0 Å². The average molecular weight is 259 g/mol. The molecule has 1 aliphatic rings. The molecule has 0 bridgehead atoms. The Morgan fingerprint density at radius 3 is 2.45 bits per heavy atom. The summed E-state index contributed by atoms with van der Waals surface area (Å²) in [6.07, 6.45) is 9.71. The number of allylic oxidation sites excluding steroid dienone is 2. The van der Waals surface area contributed by atoms with Crippen molar-refractivity contribution in [1.82, 2.24) is 0 Å². The topological polar surface area (TPSA) is 0 Å². The van der Waals surface area contributed by atoms with Crippen molar-refractivity contribution in [1.29, 1.82) is 0 Å². The normalized spacial score (nSPS) is 20.8. The van der Waals surface area contributed by atoms with Crippen LogP contribution in [0, 0.1) is 0 Å². The van der Waals surface area contributed by atoms with Crippen LogP contribution in [0.25, 0.3) is 0 Å². The quantitative estimate of drug-likeness (QED) is 0.629. The summed E-state index contributed by atoms with van der Waals surface area (Å²) >= 11 is -1.62. The Kier molecular flexibility index (Phi) is 3.48. The van der Waals surface area contributed by atoms with E-state index in [1.165, 1.54) is 32.1 Å². The van der Waals surface area contributed by atoms with Gasteiger partial charge in [-0.15, -0.1) is 0 Å².